The molecule has 1 heterocycles. The number of hydrogen-bond acceptors (Lipinski definition) is 3. The zero-order valence-corrected chi connectivity index (χ0v) is 9.40. The molecule has 1 aliphatic rings. The smallest absolute Gasteiger partial charge is 0.0962 e. The summed E-state index contributed by atoms with van der Waals surface area (Å²) in [6.45, 7) is 1.86. The summed E-state index contributed by atoms with van der Waals surface area (Å²) in [6, 6.07) is 10.4. The van der Waals surface area contributed by atoms with Crippen molar-refractivity contribution in [2.24, 2.45) is 0 Å². The van der Waals surface area contributed by atoms with Crippen LogP contribution in [0.3, 0.4) is 0 Å². The molecule has 3 heteroatoms. The van der Waals surface area contributed by atoms with Crippen LogP contribution in [0.25, 0.3) is 0 Å². The molecule has 1 aromatic rings. The van der Waals surface area contributed by atoms with E-state index in [0.717, 1.165) is 29.1 Å². The largest absolute Gasteiger partial charge is 0.357 e. The molecule has 0 aromatic heterocycles. The highest BCUT2D eigenvalue weighted by Crippen LogP contribution is 2.33. The molecule has 0 atom stereocenters. The van der Waals surface area contributed by atoms with Crippen molar-refractivity contribution in [1.82, 2.24) is 0 Å². The summed E-state index contributed by atoms with van der Waals surface area (Å²) < 4.78 is 0. The van der Waals surface area contributed by atoms with Gasteiger partial charge in [0.25, 0.3) is 0 Å². The molecule has 1 aromatic carbocycles. The maximum Gasteiger partial charge on any atom is 0.0962 e. The zero-order chi connectivity index (χ0) is 10.7. The lowest BCUT2D eigenvalue weighted by Gasteiger charge is -2.09. The number of nitrogens with zero attached hydrogens (tertiary/aromatic N) is 1. The standard InChI is InChI=1S/C12H12N2S/c1-9(8-13)10-6-7-15-12-5-3-2-4-11(12)14-10/h2-5,14H,6-7H2,1H3/b10-9+. The Morgan fingerprint density at radius 3 is 3.07 bits per heavy atom. The van der Waals surface area contributed by atoms with E-state index in [9.17, 15) is 0 Å². The second-order valence-electron chi connectivity index (χ2n) is 3.43. The summed E-state index contributed by atoms with van der Waals surface area (Å²) in [5.41, 5.74) is 2.95. The van der Waals surface area contributed by atoms with Gasteiger partial charge in [0, 0.05) is 21.9 Å². The number of thioether (sulfide) groups is 1. The Bertz CT molecular complexity index is 443. The van der Waals surface area contributed by atoms with Crippen molar-refractivity contribution in [2.75, 3.05) is 11.1 Å². The molecule has 0 radical (unpaired) electrons. The van der Waals surface area contributed by atoms with Crippen molar-refractivity contribution in [1.29, 1.82) is 5.26 Å². The lowest BCUT2D eigenvalue weighted by molar-refractivity contribution is 1.10. The minimum Gasteiger partial charge on any atom is -0.357 e. The second-order valence-corrected chi connectivity index (χ2v) is 4.57. The Morgan fingerprint density at radius 1 is 1.47 bits per heavy atom. The van der Waals surface area contributed by atoms with Crippen molar-refractivity contribution in [2.45, 2.75) is 18.2 Å². The van der Waals surface area contributed by atoms with Gasteiger partial charge in [0.05, 0.1) is 11.8 Å². The van der Waals surface area contributed by atoms with Crippen LogP contribution in [0.2, 0.25) is 0 Å². The van der Waals surface area contributed by atoms with Gasteiger partial charge in [-0.2, -0.15) is 5.26 Å². The normalized spacial score (nSPS) is 18.1. The van der Waals surface area contributed by atoms with Crippen molar-refractivity contribution < 1.29 is 0 Å². The molecule has 2 rings (SSSR count). The summed E-state index contributed by atoms with van der Waals surface area (Å²) in [5.74, 6) is 1.03. The van der Waals surface area contributed by atoms with Crippen molar-refractivity contribution >= 4 is 17.4 Å². The molecule has 15 heavy (non-hydrogen) atoms. The van der Waals surface area contributed by atoms with Gasteiger partial charge in [-0.15, -0.1) is 11.8 Å². The molecule has 0 bridgehead atoms. The Kier molecular flexibility index (Phi) is 2.98. The third-order valence-corrected chi connectivity index (χ3v) is 3.48. The summed E-state index contributed by atoms with van der Waals surface area (Å²) >= 11 is 1.84. The van der Waals surface area contributed by atoms with Gasteiger partial charge in [0.1, 0.15) is 0 Å². The van der Waals surface area contributed by atoms with E-state index in [2.05, 4.69) is 23.5 Å². The van der Waals surface area contributed by atoms with Crippen molar-refractivity contribution in [3.05, 3.63) is 35.5 Å². The molecule has 1 aliphatic heterocycles. The fourth-order valence-electron chi connectivity index (χ4n) is 1.53. The van der Waals surface area contributed by atoms with E-state index >= 15 is 0 Å². The number of rotatable bonds is 0. The van der Waals surface area contributed by atoms with E-state index in [1.54, 1.807) is 0 Å². The van der Waals surface area contributed by atoms with Crippen LogP contribution in [0.15, 0.2) is 40.4 Å². The molecule has 1 N–H and O–H groups in total. The number of fused-ring (bicyclic) bond motifs is 1. The molecule has 0 amide bonds. The molecular weight excluding hydrogens is 204 g/mol. The van der Waals surface area contributed by atoms with Crippen LogP contribution in [0.4, 0.5) is 5.69 Å². The molecule has 0 unspecified atom stereocenters. The van der Waals surface area contributed by atoms with Gasteiger partial charge in [-0.1, -0.05) is 12.1 Å². The van der Waals surface area contributed by atoms with Crippen molar-refractivity contribution in [3.8, 4) is 6.07 Å². The van der Waals surface area contributed by atoms with Gasteiger partial charge >= 0.3 is 0 Å². The monoisotopic (exact) mass is 216 g/mol. The van der Waals surface area contributed by atoms with Gasteiger partial charge in [0.15, 0.2) is 0 Å². The Labute approximate surface area is 94.0 Å². The minimum absolute atomic E-state index is 0.785. The Hall–Kier alpha value is -1.40. The summed E-state index contributed by atoms with van der Waals surface area (Å²) in [6.07, 6.45) is 0.929. The molecule has 0 saturated carbocycles. The predicted octanol–water partition coefficient (Wildman–Crippen LogP) is 3.39. The van der Waals surface area contributed by atoms with E-state index in [-0.39, 0.29) is 0 Å². The first kappa shape index (κ1) is 10.1. The third-order valence-electron chi connectivity index (χ3n) is 2.40. The maximum atomic E-state index is 8.87. The number of allylic oxidation sites excluding steroid dienone is 2. The van der Waals surface area contributed by atoms with E-state index in [1.807, 2.05) is 30.8 Å². The lowest BCUT2D eigenvalue weighted by Crippen LogP contribution is -2.01. The summed E-state index contributed by atoms with van der Waals surface area (Å²) in [5, 5.41) is 12.2. The number of benzene rings is 1. The van der Waals surface area contributed by atoms with Crippen LogP contribution in [-0.2, 0) is 0 Å². The highest BCUT2D eigenvalue weighted by Gasteiger charge is 2.11. The summed E-state index contributed by atoms with van der Waals surface area (Å²) in [7, 11) is 0. The molecule has 0 saturated heterocycles. The van der Waals surface area contributed by atoms with Crippen LogP contribution < -0.4 is 5.32 Å². The van der Waals surface area contributed by atoms with Gasteiger partial charge in [-0.05, 0) is 25.5 Å². The molecule has 0 spiro atoms. The first-order valence-corrected chi connectivity index (χ1v) is 5.88. The van der Waals surface area contributed by atoms with E-state index in [0.29, 0.717) is 0 Å². The van der Waals surface area contributed by atoms with Gasteiger partial charge in [-0.3, -0.25) is 0 Å². The van der Waals surface area contributed by atoms with Crippen LogP contribution in [0.1, 0.15) is 13.3 Å². The van der Waals surface area contributed by atoms with Gasteiger partial charge < -0.3 is 5.32 Å². The number of hydrogen-bond donors (Lipinski definition) is 1. The van der Waals surface area contributed by atoms with E-state index < -0.39 is 0 Å². The van der Waals surface area contributed by atoms with Crippen LogP contribution in [0.5, 0.6) is 0 Å². The molecule has 2 nitrogen and oxygen atoms in total. The molecule has 76 valence electrons. The fourth-order valence-corrected chi connectivity index (χ4v) is 2.51. The second kappa shape index (κ2) is 4.41. The molecule has 0 fully saturated rings. The zero-order valence-electron chi connectivity index (χ0n) is 8.58. The highest BCUT2D eigenvalue weighted by molar-refractivity contribution is 7.99. The van der Waals surface area contributed by atoms with E-state index in [4.69, 9.17) is 5.26 Å². The number of anilines is 1. The number of para-hydroxylation sites is 1. The van der Waals surface area contributed by atoms with Gasteiger partial charge in [0.2, 0.25) is 0 Å². The molecular formula is C12H12N2S. The quantitative estimate of drug-likeness (QED) is 0.675. The van der Waals surface area contributed by atoms with Crippen LogP contribution in [-0.4, -0.2) is 5.75 Å². The first-order valence-electron chi connectivity index (χ1n) is 4.90. The molecule has 0 aliphatic carbocycles. The Balaban J connectivity index is 2.38. The number of nitriles is 1. The van der Waals surface area contributed by atoms with Gasteiger partial charge in [-0.25, -0.2) is 0 Å². The number of nitrogens with one attached hydrogen (secondary N) is 1. The highest BCUT2D eigenvalue weighted by atomic mass is 32.2. The average Bonchev–Trinajstić information content (AvgIpc) is 2.49. The minimum atomic E-state index is 0.785. The Morgan fingerprint density at radius 2 is 2.27 bits per heavy atom. The van der Waals surface area contributed by atoms with Crippen LogP contribution in [0, 0.1) is 11.3 Å². The average molecular weight is 216 g/mol. The third kappa shape index (κ3) is 2.16. The van der Waals surface area contributed by atoms with Crippen LogP contribution >= 0.6 is 11.8 Å². The topological polar surface area (TPSA) is 35.8 Å². The van der Waals surface area contributed by atoms with Crippen molar-refractivity contribution in [3.63, 3.8) is 0 Å². The lowest BCUT2D eigenvalue weighted by atomic mass is 10.2. The SMILES string of the molecule is C/C(C#N)=C1/CCSc2ccccc2N1. The maximum absolute atomic E-state index is 8.87. The van der Waals surface area contributed by atoms with E-state index in [1.165, 1.54) is 4.90 Å². The summed E-state index contributed by atoms with van der Waals surface area (Å²) in [4.78, 5) is 1.26. The fraction of sp³-hybridized carbons (Fsp3) is 0.250. The first-order chi connectivity index (χ1) is 7.31. The predicted molar refractivity (Wildman–Crippen MR) is 63.7 cm³/mol.